The van der Waals surface area contributed by atoms with Gasteiger partial charge in [-0.15, -0.1) is 0 Å². The Kier molecular flexibility index (Phi) is 10.5. The Morgan fingerprint density at radius 1 is 1.21 bits per heavy atom. The molecule has 0 rings (SSSR count). The lowest BCUT2D eigenvalue weighted by molar-refractivity contribution is -0.137. The zero-order valence-corrected chi connectivity index (χ0v) is 14.3. The van der Waals surface area contributed by atoms with Crippen LogP contribution in [0.5, 0.6) is 0 Å². The minimum atomic E-state index is -2.50. The molecule has 0 aliphatic rings. The van der Waals surface area contributed by atoms with Gasteiger partial charge in [0.25, 0.3) is 0 Å². The number of carbonyl (C=O) groups excluding carboxylic acids is 1. The van der Waals surface area contributed by atoms with Gasteiger partial charge in [-0.1, -0.05) is 24.0 Å². The van der Waals surface area contributed by atoms with Gasteiger partial charge in [-0.3, -0.25) is 4.79 Å². The molecular weight excluding hydrogens is 306 g/mol. The van der Waals surface area contributed by atoms with Crippen LogP contribution >= 0.6 is 24.0 Å². The van der Waals surface area contributed by atoms with Crippen LogP contribution in [0, 0.1) is 0 Å². The average molecular weight is 328 g/mol. The summed E-state index contributed by atoms with van der Waals surface area (Å²) >= 11 is 6.32. The summed E-state index contributed by atoms with van der Waals surface area (Å²) in [5, 5.41) is 3.05. The fraction of sp³-hybridized carbons (Fsp3) is 0.800. The van der Waals surface area contributed by atoms with Crippen molar-refractivity contribution < 1.29 is 22.8 Å². The summed E-state index contributed by atoms with van der Waals surface area (Å²) in [6, 6.07) is 0.702. The van der Waals surface area contributed by atoms with Crippen LogP contribution in [-0.2, 0) is 22.8 Å². The molecule has 0 amide bonds. The van der Waals surface area contributed by atoms with E-state index in [1.165, 1.54) is 18.9 Å². The summed E-state index contributed by atoms with van der Waals surface area (Å²) in [6.45, 7) is 0.678. The van der Waals surface area contributed by atoms with Gasteiger partial charge in [0.05, 0.1) is 12.9 Å². The molecule has 0 saturated heterocycles. The van der Waals surface area contributed by atoms with Gasteiger partial charge in [0.1, 0.15) is 4.32 Å². The number of thiocarbonyl (C=S) groups is 1. The largest absolute Gasteiger partial charge is 0.500 e. The molecule has 0 aromatic rings. The third kappa shape index (κ3) is 7.85. The Hall–Kier alpha value is -0.193. The lowest BCUT2D eigenvalue weighted by atomic mass is 10.5. The zero-order valence-electron chi connectivity index (χ0n) is 11.7. The van der Waals surface area contributed by atoms with Gasteiger partial charge in [0.15, 0.2) is 0 Å². The Balaban J connectivity index is 3.79. The van der Waals surface area contributed by atoms with Gasteiger partial charge in [-0.05, 0) is 6.42 Å². The second-order valence-corrected chi connectivity index (χ2v) is 8.22. The summed E-state index contributed by atoms with van der Waals surface area (Å²) < 4.78 is 21.0. The van der Waals surface area contributed by atoms with Crippen LogP contribution in [0.25, 0.3) is 0 Å². The zero-order chi connectivity index (χ0) is 14.7. The Morgan fingerprint density at radius 2 is 1.79 bits per heavy atom. The molecule has 0 aliphatic carbocycles. The molecule has 0 aromatic heterocycles. The SMILES string of the molecule is COC(=O)CSC(=S)NCCC[Si](OC)(OC)OC. The minimum absolute atomic E-state index is 0.217. The van der Waals surface area contributed by atoms with Crippen LogP contribution in [0.15, 0.2) is 0 Å². The van der Waals surface area contributed by atoms with Crippen LogP contribution in [0.3, 0.4) is 0 Å². The van der Waals surface area contributed by atoms with Crippen molar-refractivity contribution in [1.29, 1.82) is 0 Å². The summed E-state index contributed by atoms with van der Waals surface area (Å²) in [6.07, 6.45) is 0.806. The number of ether oxygens (including phenoxy) is 1. The third-order valence-corrected chi connectivity index (χ3v) is 6.53. The smallest absolute Gasteiger partial charge is 0.468 e. The number of esters is 1. The normalized spacial score (nSPS) is 11.2. The van der Waals surface area contributed by atoms with Crippen molar-refractivity contribution in [3.63, 3.8) is 0 Å². The van der Waals surface area contributed by atoms with Crippen LogP contribution in [0.1, 0.15) is 6.42 Å². The van der Waals surface area contributed by atoms with E-state index in [0.717, 1.165) is 6.42 Å². The molecule has 19 heavy (non-hydrogen) atoms. The first-order chi connectivity index (χ1) is 9.03. The standard InChI is InChI=1S/C10H21NO5S2Si/c1-13-9(12)8-18-10(17)11-6-5-7-19(14-2,15-3)16-4/h5-8H2,1-4H3,(H,11,17). The van der Waals surface area contributed by atoms with Crippen LogP contribution < -0.4 is 5.32 Å². The first kappa shape index (κ1) is 18.8. The third-order valence-electron chi connectivity index (χ3n) is 2.41. The first-order valence-corrected chi connectivity index (χ1v) is 8.99. The summed E-state index contributed by atoms with van der Waals surface area (Å²) in [5.41, 5.74) is 0. The molecule has 0 fully saturated rings. The van der Waals surface area contributed by atoms with Crippen molar-refractivity contribution in [3.8, 4) is 0 Å². The number of thioether (sulfide) groups is 1. The quantitative estimate of drug-likeness (QED) is 0.292. The van der Waals surface area contributed by atoms with Crippen molar-refractivity contribution in [3.05, 3.63) is 0 Å². The van der Waals surface area contributed by atoms with Gasteiger partial charge in [-0.25, -0.2) is 0 Å². The fourth-order valence-corrected chi connectivity index (χ4v) is 3.86. The van der Waals surface area contributed by atoms with Crippen LogP contribution in [-0.4, -0.2) is 59.8 Å². The van der Waals surface area contributed by atoms with E-state index in [4.69, 9.17) is 25.5 Å². The Labute approximate surface area is 124 Å². The fourth-order valence-electron chi connectivity index (χ4n) is 1.29. The van der Waals surface area contributed by atoms with Gasteiger partial charge in [-0.2, -0.15) is 0 Å². The number of nitrogens with one attached hydrogen (secondary N) is 1. The Morgan fingerprint density at radius 3 is 2.26 bits per heavy atom. The molecule has 1 N–H and O–H groups in total. The molecule has 0 spiro atoms. The second-order valence-electron chi connectivity index (χ2n) is 3.48. The highest BCUT2D eigenvalue weighted by Crippen LogP contribution is 2.14. The maximum Gasteiger partial charge on any atom is 0.500 e. The van der Waals surface area contributed by atoms with Crippen LogP contribution in [0.4, 0.5) is 0 Å². The molecule has 112 valence electrons. The van der Waals surface area contributed by atoms with E-state index in [2.05, 4.69) is 10.1 Å². The van der Waals surface area contributed by atoms with Crippen molar-refractivity contribution in [2.75, 3.05) is 40.7 Å². The molecule has 6 nitrogen and oxygen atoms in total. The van der Waals surface area contributed by atoms with E-state index >= 15 is 0 Å². The molecule has 0 atom stereocenters. The predicted octanol–water partition coefficient (Wildman–Crippen LogP) is 1.04. The highest BCUT2D eigenvalue weighted by atomic mass is 32.2. The predicted molar refractivity (Wildman–Crippen MR) is 81.3 cm³/mol. The van der Waals surface area contributed by atoms with Gasteiger partial charge >= 0.3 is 14.8 Å². The molecule has 0 aliphatic heterocycles. The van der Waals surface area contributed by atoms with Crippen molar-refractivity contribution in [2.24, 2.45) is 0 Å². The number of hydrogen-bond donors (Lipinski definition) is 1. The van der Waals surface area contributed by atoms with Gasteiger partial charge in [0.2, 0.25) is 0 Å². The van der Waals surface area contributed by atoms with Gasteiger partial charge in [0, 0.05) is 33.9 Å². The first-order valence-electron chi connectivity index (χ1n) is 5.66. The van der Waals surface area contributed by atoms with E-state index in [1.54, 1.807) is 21.3 Å². The highest BCUT2D eigenvalue weighted by molar-refractivity contribution is 8.23. The van der Waals surface area contributed by atoms with E-state index in [9.17, 15) is 4.79 Å². The summed E-state index contributed by atoms with van der Waals surface area (Å²) in [5.74, 6) is -0.0754. The van der Waals surface area contributed by atoms with E-state index in [-0.39, 0.29) is 11.7 Å². The average Bonchev–Trinajstić information content (AvgIpc) is 2.45. The monoisotopic (exact) mass is 327 g/mol. The van der Waals surface area contributed by atoms with Crippen molar-refractivity contribution in [1.82, 2.24) is 5.32 Å². The molecular formula is C10H21NO5S2Si. The lowest BCUT2D eigenvalue weighted by Crippen LogP contribution is -2.43. The molecule has 0 heterocycles. The van der Waals surface area contributed by atoms with E-state index in [1.807, 2.05) is 0 Å². The molecule has 0 aromatic carbocycles. The number of hydrogen-bond acceptors (Lipinski definition) is 7. The minimum Gasteiger partial charge on any atom is -0.468 e. The maximum atomic E-state index is 10.9. The molecule has 0 saturated carbocycles. The molecule has 0 bridgehead atoms. The number of rotatable bonds is 9. The van der Waals surface area contributed by atoms with Gasteiger partial charge < -0.3 is 23.3 Å². The van der Waals surface area contributed by atoms with Crippen molar-refractivity contribution >= 4 is 43.1 Å². The number of carbonyl (C=O) groups is 1. The lowest BCUT2D eigenvalue weighted by Gasteiger charge is -2.24. The van der Waals surface area contributed by atoms with Crippen LogP contribution in [0.2, 0.25) is 6.04 Å². The second kappa shape index (κ2) is 10.6. The van der Waals surface area contributed by atoms with Crippen molar-refractivity contribution in [2.45, 2.75) is 12.5 Å². The summed E-state index contributed by atoms with van der Waals surface area (Å²) in [7, 11) is 3.62. The number of methoxy groups -OCH3 is 1. The summed E-state index contributed by atoms with van der Waals surface area (Å²) in [4.78, 5) is 10.9. The maximum absolute atomic E-state index is 10.9. The molecule has 0 radical (unpaired) electrons. The van der Waals surface area contributed by atoms with E-state index in [0.29, 0.717) is 16.9 Å². The Bertz CT molecular complexity index is 281. The molecule has 9 heteroatoms. The molecule has 0 unspecified atom stereocenters. The topological polar surface area (TPSA) is 66.0 Å². The van der Waals surface area contributed by atoms with E-state index < -0.39 is 8.80 Å². The highest BCUT2D eigenvalue weighted by Gasteiger charge is 2.36.